The van der Waals surface area contributed by atoms with Gasteiger partial charge in [-0.05, 0) is 62.1 Å². The van der Waals surface area contributed by atoms with Gasteiger partial charge in [-0.2, -0.15) is 0 Å². The fourth-order valence-corrected chi connectivity index (χ4v) is 5.13. The molecule has 3 amide bonds. The van der Waals surface area contributed by atoms with Crippen molar-refractivity contribution in [3.05, 3.63) is 57.8 Å². The topological polar surface area (TPSA) is 69.7 Å². The number of benzene rings is 1. The molecule has 1 aromatic carbocycles. The van der Waals surface area contributed by atoms with E-state index in [9.17, 15) is 14.4 Å². The maximum atomic E-state index is 13.3. The number of hydrogen-bond donors (Lipinski definition) is 1. The Hall–Kier alpha value is -2.67. The Bertz CT molecular complexity index is 912. The summed E-state index contributed by atoms with van der Waals surface area (Å²) < 4.78 is 0. The van der Waals surface area contributed by atoms with Gasteiger partial charge >= 0.3 is 0 Å². The molecule has 2 aliphatic rings. The lowest BCUT2D eigenvalue weighted by Crippen LogP contribution is -2.54. The molecule has 1 atom stereocenters. The lowest BCUT2D eigenvalue weighted by molar-refractivity contribution is -0.134. The second-order valence-electron chi connectivity index (χ2n) is 8.46. The second kappa shape index (κ2) is 9.64. The van der Waals surface area contributed by atoms with Gasteiger partial charge in [-0.15, -0.1) is 11.3 Å². The monoisotopic (exact) mass is 439 g/mol. The summed E-state index contributed by atoms with van der Waals surface area (Å²) in [6.45, 7) is 4.70. The molecule has 3 heterocycles. The summed E-state index contributed by atoms with van der Waals surface area (Å²) in [6, 6.07) is 10.6. The molecule has 2 aliphatic heterocycles. The van der Waals surface area contributed by atoms with Gasteiger partial charge in [0.05, 0.1) is 4.88 Å². The first-order chi connectivity index (χ1) is 15.0. The Kier molecular flexibility index (Phi) is 6.70. The van der Waals surface area contributed by atoms with Crippen LogP contribution in [0, 0.1) is 12.8 Å². The van der Waals surface area contributed by atoms with Crippen LogP contribution in [0.3, 0.4) is 0 Å². The number of amides is 3. The van der Waals surface area contributed by atoms with Gasteiger partial charge in [0, 0.05) is 31.7 Å². The number of hydrogen-bond acceptors (Lipinski definition) is 4. The van der Waals surface area contributed by atoms with Crippen LogP contribution in [0.15, 0.2) is 41.8 Å². The molecule has 6 nitrogen and oxygen atoms in total. The van der Waals surface area contributed by atoms with Crippen LogP contribution in [0.4, 0.5) is 0 Å². The van der Waals surface area contributed by atoms with Gasteiger partial charge in [0.1, 0.15) is 6.04 Å². The lowest BCUT2D eigenvalue weighted by Gasteiger charge is -2.37. The van der Waals surface area contributed by atoms with Crippen molar-refractivity contribution in [3.8, 4) is 0 Å². The van der Waals surface area contributed by atoms with Crippen LogP contribution in [0.5, 0.6) is 0 Å². The molecule has 7 heteroatoms. The van der Waals surface area contributed by atoms with E-state index in [4.69, 9.17) is 0 Å². The van der Waals surface area contributed by atoms with E-state index in [1.165, 1.54) is 11.3 Å². The first-order valence-corrected chi connectivity index (χ1v) is 11.9. The molecule has 0 spiro atoms. The average Bonchev–Trinajstić information content (AvgIpc) is 3.52. The number of likely N-dealkylation sites (tertiary alicyclic amines) is 2. The minimum Gasteiger partial charge on any atom is -0.341 e. The second-order valence-corrected chi connectivity index (χ2v) is 9.40. The summed E-state index contributed by atoms with van der Waals surface area (Å²) in [5.74, 6) is -0.120. The minimum atomic E-state index is -0.550. The van der Waals surface area contributed by atoms with Gasteiger partial charge in [-0.1, -0.05) is 23.8 Å². The van der Waals surface area contributed by atoms with Crippen molar-refractivity contribution < 1.29 is 14.4 Å². The van der Waals surface area contributed by atoms with E-state index in [2.05, 4.69) is 5.32 Å². The molecule has 0 saturated carbocycles. The number of nitrogens with one attached hydrogen (secondary N) is 1. The van der Waals surface area contributed by atoms with Gasteiger partial charge < -0.3 is 15.1 Å². The normalized spacial score (nSPS) is 18.1. The van der Waals surface area contributed by atoms with Crippen molar-refractivity contribution in [1.82, 2.24) is 15.1 Å². The molecule has 2 fully saturated rings. The zero-order chi connectivity index (χ0) is 21.8. The highest BCUT2D eigenvalue weighted by Crippen LogP contribution is 2.25. The van der Waals surface area contributed by atoms with Crippen molar-refractivity contribution in [3.63, 3.8) is 0 Å². The highest BCUT2D eigenvalue weighted by Gasteiger charge is 2.37. The summed E-state index contributed by atoms with van der Waals surface area (Å²) in [6.07, 6.45) is 3.43. The standard InChI is InChI=1S/C24H29N3O3S/c1-17-6-8-19(9-7-17)22(28)25-21(24(30)26-12-2-3-13-26)18-10-14-27(15-11-18)23(29)20-5-4-16-31-20/h4-9,16,18,21H,2-3,10-15H2,1H3,(H,25,28). The molecular weight excluding hydrogens is 410 g/mol. The summed E-state index contributed by atoms with van der Waals surface area (Å²) in [5, 5.41) is 4.95. The first-order valence-electron chi connectivity index (χ1n) is 11.0. The van der Waals surface area contributed by atoms with E-state index in [-0.39, 0.29) is 23.6 Å². The molecule has 0 aliphatic carbocycles. The zero-order valence-electron chi connectivity index (χ0n) is 17.9. The number of aryl methyl sites for hydroxylation is 1. The van der Waals surface area contributed by atoms with Crippen LogP contribution in [0.1, 0.15) is 51.3 Å². The van der Waals surface area contributed by atoms with Crippen LogP contribution in [-0.4, -0.2) is 59.7 Å². The third-order valence-corrected chi connectivity index (χ3v) is 7.17. The SMILES string of the molecule is Cc1ccc(C(=O)NC(C(=O)N2CCCC2)C2CCN(C(=O)c3cccs3)CC2)cc1. The molecule has 164 valence electrons. The first kappa shape index (κ1) is 21.6. The summed E-state index contributed by atoms with van der Waals surface area (Å²) in [5.41, 5.74) is 1.65. The van der Waals surface area contributed by atoms with Crippen LogP contribution in [0.2, 0.25) is 0 Å². The maximum absolute atomic E-state index is 13.3. The van der Waals surface area contributed by atoms with E-state index in [0.717, 1.165) is 36.4 Å². The highest BCUT2D eigenvalue weighted by atomic mass is 32.1. The van der Waals surface area contributed by atoms with E-state index in [1.54, 1.807) is 12.1 Å². The van der Waals surface area contributed by atoms with Gasteiger partial charge in [0.2, 0.25) is 5.91 Å². The lowest BCUT2D eigenvalue weighted by atomic mass is 9.88. The van der Waals surface area contributed by atoms with Crippen molar-refractivity contribution in [2.75, 3.05) is 26.2 Å². The number of rotatable bonds is 5. The number of carbonyl (C=O) groups is 3. The molecule has 31 heavy (non-hydrogen) atoms. The molecule has 4 rings (SSSR count). The fraction of sp³-hybridized carbons (Fsp3) is 0.458. The summed E-state index contributed by atoms with van der Waals surface area (Å²) in [7, 11) is 0. The van der Waals surface area contributed by atoms with E-state index >= 15 is 0 Å². The van der Waals surface area contributed by atoms with E-state index < -0.39 is 6.04 Å². The third-order valence-electron chi connectivity index (χ3n) is 6.31. The number of nitrogens with zero attached hydrogens (tertiary/aromatic N) is 2. The van der Waals surface area contributed by atoms with Crippen molar-refractivity contribution >= 4 is 29.1 Å². The molecule has 0 bridgehead atoms. The molecule has 0 radical (unpaired) electrons. The third kappa shape index (κ3) is 4.98. The Morgan fingerprint density at radius 3 is 2.26 bits per heavy atom. The van der Waals surface area contributed by atoms with Crippen molar-refractivity contribution in [2.45, 2.75) is 38.6 Å². The van der Waals surface area contributed by atoms with Gasteiger partial charge in [0.25, 0.3) is 11.8 Å². The van der Waals surface area contributed by atoms with Crippen molar-refractivity contribution in [1.29, 1.82) is 0 Å². The Balaban J connectivity index is 1.45. The molecule has 1 N–H and O–H groups in total. The van der Waals surface area contributed by atoms with E-state index in [0.29, 0.717) is 31.5 Å². The summed E-state index contributed by atoms with van der Waals surface area (Å²) in [4.78, 5) is 43.4. The molecule has 2 saturated heterocycles. The fourth-order valence-electron chi connectivity index (χ4n) is 4.44. The van der Waals surface area contributed by atoms with Crippen LogP contribution >= 0.6 is 11.3 Å². The highest BCUT2D eigenvalue weighted by molar-refractivity contribution is 7.12. The number of carbonyl (C=O) groups excluding carboxylic acids is 3. The number of thiophene rings is 1. The molecular formula is C24H29N3O3S. The maximum Gasteiger partial charge on any atom is 0.263 e. The minimum absolute atomic E-state index is 0.0148. The molecule has 2 aromatic rings. The predicted octanol–water partition coefficient (Wildman–Crippen LogP) is 3.33. The zero-order valence-corrected chi connectivity index (χ0v) is 18.7. The number of piperidine rings is 1. The Morgan fingerprint density at radius 1 is 0.968 bits per heavy atom. The van der Waals surface area contributed by atoms with Crippen molar-refractivity contribution in [2.24, 2.45) is 5.92 Å². The smallest absolute Gasteiger partial charge is 0.263 e. The van der Waals surface area contributed by atoms with Gasteiger partial charge in [-0.25, -0.2) is 0 Å². The Morgan fingerprint density at radius 2 is 1.65 bits per heavy atom. The van der Waals surface area contributed by atoms with Gasteiger partial charge in [-0.3, -0.25) is 14.4 Å². The quantitative estimate of drug-likeness (QED) is 0.777. The van der Waals surface area contributed by atoms with Crippen LogP contribution in [-0.2, 0) is 4.79 Å². The Labute approximate surface area is 187 Å². The molecule has 1 aromatic heterocycles. The average molecular weight is 440 g/mol. The van der Waals surface area contributed by atoms with Crippen LogP contribution < -0.4 is 5.32 Å². The summed E-state index contributed by atoms with van der Waals surface area (Å²) >= 11 is 1.45. The predicted molar refractivity (Wildman–Crippen MR) is 121 cm³/mol. The largest absolute Gasteiger partial charge is 0.341 e. The molecule has 1 unspecified atom stereocenters. The van der Waals surface area contributed by atoms with Crippen LogP contribution in [0.25, 0.3) is 0 Å². The van der Waals surface area contributed by atoms with E-state index in [1.807, 2.05) is 46.4 Å². The van der Waals surface area contributed by atoms with Gasteiger partial charge in [0.15, 0.2) is 0 Å².